The highest BCUT2D eigenvalue weighted by Crippen LogP contribution is 2.11. The van der Waals surface area contributed by atoms with Crippen LogP contribution in [0, 0.1) is 0 Å². The Kier molecular flexibility index (Phi) is 8.02. The topological polar surface area (TPSA) is 74.6 Å². The summed E-state index contributed by atoms with van der Waals surface area (Å²) in [5, 5.41) is 0. The van der Waals surface area contributed by atoms with Crippen LogP contribution in [0.1, 0.15) is 5.56 Å². The van der Waals surface area contributed by atoms with E-state index in [4.69, 9.17) is 17.5 Å². The maximum absolute atomic E-state index is 8.74. The van der Waals surface area contributed by atoms with Crippen LogP contribution in [0.25, 0.3) is 0 Å². The minimum absolute atomic E-state index is 0.941. The van der Waals surface area contributed by atoms with Crippen LogP contribution in [0.15, 0.2) is 55.6 Å². The first-order valence-corrected chi connectivity index (χ1v) is 7.39. The molecule has 0 heterocycles. The van der Waals surface area contributed by atoms with Crippen molar-refractivity contribution < 1.29 is 22.0 Å². The molecule has 0 saturated heterocycles. The molecule has 0 aliphatic heterocycles. The monoisotopic (exact) mass is 300 g/mol. The molecule has 0 aliphatic carbocycles. The van der Waals surface area contributed by atoms with E-state index < -0.39 is 10.4 Å². The van der Waals surface area contributed by atoms with E-state index >= 15 is 0 Å². The lowest BCUT2D eigenvalue weighted by molar-refractivity contribution is -0.911. The molecule has 5 nitrogen and oxygen atoms in total. The molecular weight excluding hydrogens is 278 g/mol. The maximum atomic E-state index is 8.74. The van der Waals surface area contributed by atoms with E-state index in [0.29, 0.717) is 0 Å². The second-order valence-electron chi connectivity index (χ2n) is 4.65. The first kappa shape index (κ1) is 18.5. The normalized spacial score (nSPS) is 11.2. The van der Waals surface area contributed by atoms with Crippen LogP contribution in [0.3, 0.4) is 0 Å². The summed E-state index contributed by atoms with van der Waals surface area (Å²) in [5.74, 6) is 0. The number of likely N-dealkylation sites (N-methyl/N-ethyl adjacent to an activating group) is 1. The van der Waals surface area contributed by atoms with Gasteiger partial charge in [0.25, 0.3) is 0 Å². The third-order valence-electron chi connectivity index (χ3n) is 2.55. The fourth-order valence-corrected chi connectivity index (χ4v) is 1.85. The van der Waals surface area contributed by atoms with Crippen molar-refractivity contribution in [2.24, 2.45) is 0 Å². The van der Waals surface area contributed by atoms with Gasteiger partial charge in [-0.1, -0.05) is 43.5 Å². The van der Waals surface area contributed by atoms with Gasteiger partial charge >= 0.3 is 10.4 Å². The molecule has 0 fully saturated rings. The standard InChI is InChI=1S/C14H20N.H2O4S/c1-4-11-15(3,12-5-2)13-14-9-7-6-8-10-14;1-5(2,3)4/h4-10H,1-2,11-13H2,3H3;(H2,1,2,3,4)/q+1;. The molecule has 0 amide bonds. The van der Waals surface area contributed by atoms with E-state index in [1.807, 2.05) is 12.2 Å². The van der Waals surface area contributed by atoms with Crippen molar-refractivity contribution in [3.63, 3.8) is 0 Å². The Labute approximate surface area is 121 Å². The predicted molar refractivity (Wildman–Crippen MR) is 80.6 cm³/mol. The van der Waals surface area contributed by atoms with E-state index in [2.05, 4.69) is 50.5 Å². The third kappa shape index (κ3) is 10.5. The van der Waals surface area contributed by atoms with E-state index in [-0.39, 0.29) is 0 Å². The van der Waals surface area contributed by atoms with Crippen LogP contribution in [0.5, 0.6) is 0 Å². The van der Waals surface area contributed by atoms with Gasteiger partial charge in [0, 0.05) is 5.56 Å². The molecule has 0 spiro atoms. The summed E-state index contributed by atoms with van der Waals surface area (Å²) in [7, 11) is -2.43. The molecule has 0 unspecified atom stereocenters. The molecule has 0 aliphatic rings. The number of benzene rings is 1. The Morgan fingerprint density at radius 1 is 1.10 bits per heavy atom. The van der Waals surface area contributed by atoms with Gasteiger partial charge < -0.3 is 4.48 Å². The fourth-order valence-electron chi connectivity index (χ4n) is 1.85. The highest BCUT2D eigenvalue weighted by molar-refractivity contribution is 7.79. The largest absolute Gasteiger partial charge is 0.394 e. The van der Waals surface area contributed by atoms with E-state index in [0.717, 1.165) is 24.1 Å². The van der Waals surface area contributed by atoms with Crippen molar-refractivity contribution in [1.82, 2.24) is 0 Å². The first-order chi connectivity index (χ1) is 9.20. The number of nitrogens with zero attached hydrogens (tertiary/aromatic N) is 1. The molecule has 1 aromatic rings. The number of quaternary nitrogens is 1. The minimum Gasteiger partial charge on any atom is -0.316 e. The highest BCUT2D eigenvalue weighted by Gasteiger charge is 2.18. The fraction of sp³-hybridized carbons (Fsp3) is 0.286. The van der Waals surface area contributed by atoms with Crippen LogP contribution in [-0.4, -0.2) is 42.1 Å². The van der Waals surface area contributed by atoms with E-state index in [1.165, 1.54) is 5.56 Å². The van der Waals surface area contributed by atoms with Crippen LogP contribution in [-0.2, 0) is 16.9 Å². The van der Waals surface area contributed by atoms with Crippen LogP contribution >= 0.6 is 0 Å². The molecule has 6 heteroatoms. The number of rotatable bonds is 6. The van der Waals surface area contributed by atoms with Gasteiger partial charge in [-0.2, -0.15) is 8.42 Å². The van der Waals surface area contributed by atoms with E-state index in [9.17, 15) is 0 Å². The van der Waals surface area contributed by atoms with Crippen molar-refractivity contribution in [3.05, 3.63) is 61.2 Å². The summed E-state index contributed by atoms with van der Waals surface area (Å²) in [6.07, 6.45) is 3.96. The highest BCUT2D eigenvalue weighted by atomic mass is 32.3. The second kappa shape index (κ2) is 8.65. The minimum atomic E-state index is -4.67. The molecule has 20 heavy (non-hydrogen) atoms. The van der Waals surface area contributed by atoms with Gasteiger partial charge in [-0.05, 0) is 12.2 Å². The quantitative estimate of drug-likeness (QED) is 0.480. The summed E-state index contributed by atoms with van der Waals surface area (Å²) >= 11 is 0. The van der Waals surface area contributed by atoms with Gasteiger partial charge in [0.1, 0.15) is 6.54 Å². The van der Waals surface area contributed by atoms with Crippen LogP contribution < -0.4 is 0 Å². The number of hydrogen-bond donors (Lipinski definition) is 2. The summed E-state index contributed by atoms with van der Waals surface area (Å²) < 4.78 is 32.5. The zero-order chi connectivity index (χ0) is 15.6. The Hall–Kier alpha value is -1.47. The molecular formula is C14H22NO4S+. The summed E-state index contributed by atoms with van der Waals surface area (Å²) in [6, 6.07) is 10.6. The summed E-state index contributed by atoms with van der Waals surface area (Å²) in [6.45, 7) is 10.6. The second-order valence-corrected chi connectivity index (χ2v) is 5.55. The summed E-state index contributed by atoms with van der Waals surface area (Å²) in [5.41, 5.74) is 1.36. The molecule has 1 aromatic carbocycles. The van der Waals surface area contributed by atoms with Gasteiger partial charge in [-0.25, -0.2) is 0 Å². The molecule has 0 radical (unpaired) electrons. The Balaban J connectivity index is 0.000000621. The SMILES string of the molecule is C=CC[N+](C)(CC=C)Cc1ccccc1.O=S(=O)(O)O. The molecule has 2 N–H and O–H groups in total. The van der Waals surface area contributed by atoms with Crippen molar-refractivity contribution in [2.45, 2.75) is 6.54 Å². The lowest BCUT2D eigenvalue weighted by Crippen LogP contribution is -2.43. The molecule has 0 saturated carbocycles. The molecule has 0 atom stereocenters. The maximum Gasteiger partial charge on any atom is 0.394 e. The molecule has 0 aromatic heterocycles. The van der Waals surface area contributed by atoms with E-state index in [1.54, 1.807) is 0 Å². The predicted octanol–water partition coefficient (Wildman–Crippen LogP) is 2.35. The van der Waals surface area contributed by atoms with Gasteiger partial charge in [0.15, 0.2) is 0 Å². The third-order valence-corrected chi connectivity index (χ3v) is 2.55. The average molecular weight is 300 g/mol. The Morgan fingerprint density at radius 3 is 1.85 bits per heavy atom. The average Bonchev–Trinajstić information content (AvgIpc) is 2.28. The summed E-state index contributed by atoms with van der Waals surface area (Å²) in [4.78, 5) is 0. The van der Waals surface area contributed by atoms with Crippen molar-refractivity contribution in [1.29, 1.82) is 0 Å². The number of hydrogen-bond acceptors (Lipinski definition) is 2. The first-order valence-electron chi connectivity index (χ1n) is 5.99. The molecule has 112 valence electrons. The zero-order valence-corrected chi connectivity index (χ0v) is 12.5. The smallest absolute Gasteiger partial charge is 0.316 e. The molecule has 1 rings (SSSR count). The van der Waals surface area contributed by atoms with Gasteiger partial charge in [-0.3, -0.25) is 9.11 Å². The van der Waals surface area contributed by atoms with Gasteiger partial charge in [0.05, 0.1) is 20.1 Å². The molecule has 0 bridgehead atoms. The zero-order valence-electron chi connectivity index (χ0n) is 11.6. The van der Waals surface area contributed by atoms with Crippen LogP contribution in [0.2, 0.25) is 0 Å². The Bertz CT molecular complexity index is 493. The Morgan fingerprint density at radius 2 is 1.50 bits per heavy atom. The lowest BCUT2D eigenvalue weighted by Gasteiger charge is -2.32. The lowest BCUT2D eigenvalue weighted by atomic mass is 10.2. The van der Waals surface area contributed by atoms with Gasteiger partial charge in [-0.15, -0.1) is 0 Å². The van der Waals surface area contributed by atoms with Crippen LogP contribution in [0.4, 0.5) is 0 Å². The van der Waals surface area contributed by atoms with Gasteiger partial charge in [0.2, 0.25) is 0 Å². The van der Waals surface area contributed by atoms with Crippen molar-refractivity contribution in [2.75, 3.05) is 20.1 Å². The van der Waals surface area contributed by atoms with Crippen molar-refractivity contribution in [3.8, 4) is 0 Å². The van der Waals surface area contributed by atoms with Crippen molar-refractivity contribution >= 4 is 10.4 Å².